The van der Waals surface area contributed by atoms with Gasteiger partial charge in [0.25, 0.3) is 10.0 Å². The number of para-hydroxylation sites is 1. The molecule has 0 saturated carbocycles. The van der Waals surface area contributed by atoms with Gasteiger partial charge in [-0.25, -0.2) is 12.4 Å². The highest BCUT2D eigenvalue weighted by atomic mass is 32.2. The molecule has 0 saturated heterocycles. The van der Waals surface area contributed by atoms with E-state index in [0.717, 1.165) is 10.9 Å². The summed E-state index contributed by atoms with van der Waals surface area (Å²) in [7, 11) is -3.81. The first kappa shape index (κ1) is 21.7. The molecule has 0 spiro atoms. The van der Waals surface area contributed by atoms with Gasteiger partial charge in [-0.1, -0.05) is 51.1 Å². The van der Waals surface area contributed by atoms with Crippen LogP contribution in [0, 0.1) is 0 Å². The molecular weight excluding hydrogens is 420 g/mol. The molecule has 0 atom stereocenters. The van der Waals surface area contributed by atoms with E-state index in [1.54, 1.807) is 61.1 Å². The summed E-state index contributed by atoms with van der Waals surface area (Å²) in [6.45, 7) is 6.26. The standard InChI is InChI=1S/C26H24N2O3S/c1-26(2,3)21-9-11-22(12-10-21)32(30,31)28-18-20(23-6-4-5-7-24(23)28)8-13-25(29)19-14-16-27-17-15-19/h4-18H,1-3H3/b13-8+. The SMILES string of the molecule is CC(C)(C)c1ccc(S(=O)(=O)n2cc(/C=C/C(=O)c3ccncc3)c3ccccc32)cc1. The lowest BCUT2D eigenvalue weighted by molar-refractivity contribution is 0.104. The molecule has 0 aliphatic heterocycles. The molecule has 162 valence electrons. The van der Waals surface area contributed by atoms with Crippen LogP contribution in [0.3, 0.4) is 0 Å². The molecule has 6 heteroatoms. The molecule has 5 nitrogen and oxygen atoms in total. The van der Waals surface area contributed by atoms with E-state index in [4.69, 9.17) is 0 Å². The molecule has 32 heavy (non-hydrogen) atoms. The van der Waals surface area contributed by atoms with Gasteiger partial charge in [0, 0.05) is 35.1 Å². The van der Waals surface area contributed by atoms with Crippen molar-refractivity contribution in [3.05, 3.63) is 102 Å². The fourth-order valence-corrected chi connectivity index (χ4v) is 4.90. The molecule has 2 heterocycles. The summed E-state index contributed by atoms with van der Waals surface area (Å²) in [6, 6.07) is 17.5. The minimum Gasteiger partial charge on any atom is -0.289 e. The maximum atomic E-state index is 13.4. The maximum Gasteiger partial charge on any atom is 0.268 e. The van der Waals surface area contributed by atoms with Crippen molar-refractivity contribution in [2.24, 2.45) is 0 Å². The van der Waals surface area contributed by atoms with Crippen molar-refractivity contribution in [2.75, 3.05) is 0 Å². The van der Waals surface area contributed by atoms with Gasteiger partial charge < -0.3 is 0 Å². The van der Waals surface area contributed by atoms with Crippen LogP contribution < -0.4 is 0 Å². The minimum atomic E-state index is -3.81. The zero-order valence-corrected chi connectivity index (χ0v) is 19.0. The lowest BCUT2D eigenvalue weighted by Crippen LogP contribution is -2.14. The van der Waals surface area contributed by atoms with Gasteiger partial charge in [0.05, 0.1) is 10.4 Å². The Morgan fingerprint density at radius 2 is 1.59 bits per heavy atom. The molecule has 2 aromatic carbocycles. The van der Waals surface area contributed by atoms with Gasteiger partial charge in [-0.05, 0) is 53.5 Å². The quantitative estimate of drug-likeness (QED) is 0.302. The fraction of sp³-hybridized carbons (Fsp3) is 0.154. The third kappa shape index (κ3) is 4.14. The van der Waals surface area contributed by atoms with E-state index in [1.165, 1.54) is 10.0 Å². The zero-order valence-electron chi connectivity index (χ0n) is 18.2. The van der Waals surface area contributed by atoms with Crippen molar-refractivity contribution >= 4 is 32.8 Å². The molecule has 0 amide bonds. The van der Waals surface area contributed by atoms with Crippen molar-refractivity contribution in [3.63, 3.8) is 0 Å². The van der Waals surface area contributed by atoms with E-state index in [0.29, 0.717) is 16.6 Å². The highest BCUT2D eigenvalue weighted by Gasteiger charge is 2.22. The molecule has 0 N–H and O–H groups in total. The number of ketones is 1. The van der Waals surface area contributed by atoms with E-state index < -0.39 is 10.0 Å². The summed E-state index contributed by atoms with van der Waals surface area (Å²) in [4.78, 5) is 16.6. The van der Waals surface area contributed by atoms with Crippen LogP contribution in [-0.2, 0) is 15.4 Å². The van der Waals surface area contributed by atoms with E-state index >= 15 is 0 Å². The predicted octanol–water partition coefficient (Wildman–Crippen LogP) is 5.47. The van der Waals surface area contributed by atoms with Crippen molar-refractivity contribution < 1.29 is 13.2 Å². The molecule has 4 rings (SSSR count). The Morgan fingerprint density at radius 3 is 2.25 bits per heavy atom. The number of fused-ring (bicyclic) bond motifs is 1. The third-order valence-electron chi connectivity index (χ3n) is 5.37. The highest BCUT2D eigenvalue weighted by molar-refractivity contribution is 7.90. The van der Waals surface area contributed by atoms with E-state index in [-0.39, 0.29) is 16.1 Å². The van der Waals surface area contributed by atoms with Crippen LogP contribution in [0.2, 0.25) is 0 Å². The topological polar surface area (TPSA) is 69.0 Å². The van der Waals surface area contributed by atoms with Gasteiger partial charge in [-0.3, -0.25) is 9.78 Å². The number of hydrogen-bond donors (Lipinski definition) is 0. The second-order valence-corrected chi connectivity index (χ2v) is 10.4. The number of hydrogen-bond acceptors (Lipinski definition) is 4. The molecule has 0 aliphatic rings. The van der Waals surface area contributed by atoms with E-state index in [9.17, 15) is 13.2 Å². The number of rotatable bonds is 5. The molecule has 0 bridgehead atoms. The Labute approximate surface area is 188 Å². The first-order valence-corrected chi connectivity index (χ1v) is 11.7. The van der Waals surface area contributed by atoms with Crippen LogP contribution in [0.15, 0.2) is 90.2 Å². The number of carbonyl (C=O) groups is 1. The molecule has 2 aromatic heterocycles. The second-order valence-electron chi connectivity index (χ2n) is 8.61. The summed E-state index contributed by atoms with van der Waals surface area (Å²) >= 11 is 0. The van der Waals surface area contributed by atoms with Crippen LogP contribution in [-0.4, -0.2) is 23.2 Å². The summed E-state index contributed by atoms with van der Waals surface area (Å²) in [5.74, 6) is -0.176. The van der Waals surface area contributed by atoms with Crippen LogP contribution in [0.25, 0.3) is 17.0 Å². The molecule has 4 aromatic rings. The normalized spacial score (nSPS) is 12.5. The Hall–Kier alpha value is -3.51. The van der Waals surface area contributed by atoms with Crippen LogP contribution >= 0.6 is 0 Å². The van der Waals surface area contributed by atoms with Crippen LogP contribution in [0.1, 0.15) is 42.3 Å². The predicted molar refractivity (Wildman–Crippen MR) is 127 cm³/mol. The third-order valence-corrected chi connectivity index (χ3v) is 7.05. The summed E-state index contributed by atoms with van der Waals surface area (Å²) in [5, 5.41) is 0.751. The summed E-state index contributed by atoms with van der Waals surface area (Å²) in [5.41, 5.74) is 2.72. The van der Waals surface area contributed by atoms with Crippen molar-refractivity contribution in [2.45, 2.75) is 31.1 Å². The highest BCUT2D eigenvalue weighted by Crippen LogP contribution is 2.29. The van der Waals surface area contributed by atoms with Gasteiger partial charge in [-0.2, -0.15) is 0 Å². The van der Waals surface area contributed by atoms with E-state index in [2.05, 4.69) is 25.8 Å². The number of benzene rings is 2. The first-order chi connectivity index (χ1) is 15.2. The Kier molecular flexibility index (Phi) is 5.57. The van der Waals surface area contributed by atoms with Gasteiger partial charge in [-0.15, -0.1) is 0 Å². The van der Waals surface area contributed by atoms with Crippen LogP contribution in [0.5, 0.6) is 0 Å². The molecule has 0 unspecified atom stereocenters. The smallest absolute Gasteiger partial charge is 0.268 e. The van der Waals surface area contributed by atoms with Crippen molar-refractivity contribution in [1.82, 2.24) is 8.96 Å². The average molecular weight is 445 g/mol. The Bertz CT molecular complexity index is 1410. The summed E-state index contributed by atoms with van der Waals surface area (Å²) < 4.78 is 28.2. The summed E-state index contributed by atoms with van der Waals surface area (Å²) in [6.07, 6.45) is 7.79. The molecule has 0 aliphatic carbocycles. The van der Waals surface area contributed by atoms with Gasteiger partial charge in [0.1, 0.15) is 0 Å². The van der Waals surface area contributed by atoms with Crippen molar-refractivity contribution in [1.29, 1.82) is 0 Å². The van der Waals surface area contributed by atoms with Gasteiger partial charge in [0.15, 0.2) is 5.78 Å². The minimum absolute atomic E-state index is 0.0677. The van der Waals surface area contributed by atoms with Gasteiger partial charge in [0.2, 0.25) is 0 Å². The molecule has 0 radical (unpaired) electrons. The second kappa shape index (κ2) is 8.20. The van der Waals surface area contributed by atoms with Gasteiger partial charge >= 0.3 is 0 Å². The monoisotopic (exact) mass is 444 g/mol. The number of allylic oxidation sites excluding steroid dienone is 1. The molecular formula is C26H24N2O3S. The number of carbonyl (C=O) groups excluding carboxylic acids is 1. The lowest BCUT2D eigenvalue weighted by Gasteiger charge is -2.19. The zero-order chi connectivity index (χ0) is 22.9. The van der Waals surface area contributed by atoms with E-state index in [1.807, 2.05) is 24.3 Å². The maximum absolute atomic E-state index is 13.4. The number of aromatic nitrogens is 2. The Balaban J connectivity index is 1.76. The van der Waals surface area contributed by atoms with Crippen LogP contribution in [0.4, 0.5) is 0 Å². The largest absolute Gasteiger partial charge is 0.289 e. The Morgan fingerprint density at radius 1 is 0.938 bits per heavy atom. The fourth-order valence-electron chi connectivity index (χ4n) is 3.53. The molecule has 0 fully saturated rings. The average Bonchev–Trinajstić information content (AvgIpc) is 3.17. The number of nitrogens with zero attached hydrogens (tertiary/aromatic N) is 2. The first-order valence-electron chi connectivity index (χ1n) is 10.3. The lowest BCUT2D eigenvalue weighted by atomic mass is 9.87. The number of pyridine rings is 1. The van der Waals surface area contributed by atoms with Crippen molar-refractivity contribution in [3.8, 4) is 0 Å².